The second-order valence-corrected chi connectivity index (χ2v) is 4.22. The van der Waals surface area contributed by atoms with E-state index in [1.807, 2.05) is 7.05 Å². The van der Waals surface area contributed by atoms with E-state index in [9.17, 15) is 0 Å². The Morgan fingerprint density at radius 2 is 1.07 bits per heavy atom. The van der Waals surface area contributed by atoms with Gasteiger partial charge in [-0.1, -0.05) is 64.7 Å². The first-order valence-electron chi connectivity index (χ1n) is 6.47. The lowest BCUT2D eigenvalue weighted by molar-refractivity contribution is 0.550. The molecule has 1 radical (unpaired) electrons. The third kappa shape index (κ3) is 12.0. The fraction of sp³-hybridized carbons (Fsp3) is 1.00. The molecule has 85 valence electrons. The summed E-state index contributed by atoms with van der Waals surface area (Å²) < 4.78 is 0. The summed E-state index contributed by atoms with van der Waals surface area (Å²) in [6.45, 7) is 3.34. The lowest BCUT2D eigenvalue weighted by Crippen LogP contribution is -1.98. The van der Waals surface area contributed by atoms with Gasteiger partial charge in [0.05, 0.1) is 0 Å². The zero-order valence-corrected chi connectivity index (χ0v) is 10.2. The Balaban J connectivity index is 2.78. The summed E-state index contributed by atoms with van der Waals surface area (Å²) in [5, 5.41) is 4.10. The van der Waals surface area contributed by atoms with E-state index in [1.54, 1.807) is 0 Å². The first kappa shape index (κ1) is 14.0. The number of hydrogen-bond donors (Lipinski definition) is 0. The number of unbranched alkanes of at least 4 members (excludes halogenated alkanes) is 9. The van der Waals surface area contributed by atoms with Crippen LogP contribution in [0.4, 0.5) is 0 Å². The molecule has 0 rings (SSSR count). The highest BCUT2D eigenvalue weighted by atomic mass is 14.8. The molecule has 0 aromatic rings. The minimum Gasteiger partial charge on any atom is -0.245 e. The van der Waals surface area contributed by atoms with E-state index in [-0.39, 0.29) is 0 Å². The molecule has 0 N–H and O–H groups in total. The van der Waals surface area contributed by atoms with Crippen LogP contribution >= 0.6 is 0 Å². The molecule has 0 amide bonds. The van der Waals surface area contributed by atoms with Crippen molar-refractivity contribution in [3.63, 3.8) is 0 Å². The largest absolute Gasteiger partial charge is 0.245 e. The van der Waals surface area contributed by atoms with Gasteiger partial charge in [0.15, 0.2) is 0 Å². The van der Waals surface area contributed by atoms with Crippen LogP contribution in [0.3, 0.4) is 0 Å². The van der Waals surface area contributed by atoms with Gasteiger partial charge in [-0.05, 0) is 6.42 Å². The van der Waals surface area contributed by atoms with Crippen LogP contribution in [0.5, 0.6) is 0 Å². The molecule has 0 bridgehead atoms. The quantitative estimate of drug-likeness (QED) is 0.443. The van der Waals surface area contributed by atoms with Gasteiger partial charge in [-0.15, -0.1) is 0 Å². The van der Waals surface area contributed by atoms with E-state index >= 15 is 0 Å². The van der Waals surface area contributed by atoms with Crippen molar-refractivity contribution in [3.8, 4) is 0 Å². The van der Waals surface area contributed by atoms with Gasteiger partial charge in [-0.2, -0.15) is 0 Å². The number of rotatable bonds is 11. The molecule has 1 heteroatoms. The van der Waals surface area contributed by atoms with Crippen molar-refractivity contribution < 1.29 is 0 Å². The van der Waals surface area contributed by atoms with E-state index < -0.39 is 0 Å². The van der Waals surface area contributed by atoms with Gasteiger partial charge in [0.2, 0.25) is 0 Å². The average Bonchev–Trinajstić information content (AvgIpc) is 2.21. The van der Waals surface area contributed by atoms with Crippen LogP contribution in [0.25, 0.3) is 0 Å². The van der Waals surface area contributed by atoms with Crippen LogP contribution in [0.15, 0.2) is 0 Å². The molecule has 14 heavy (non-hydrogen) atoms. The molecule has 0 fully saturated rings. The second kappa shape index (κ2) is 13.0. The molecule has 0 saturated carbocycles. The molecule has 0 aliphatic carbocycles. The Bertz CT molecular complexity index is 79.2. The average molecular weight is 198 g/mol. The SMILES string of the molecule is CCCCCCCCCCCC[N]C. The van der Waals surface area contributed by atoms with Crippen LogP contribution < -0.4 is 5.32 Å². The monoisotopic (exact) mass is 198 g/mol. The van der Waals surface area contributed by atoms with Crippen LogP contribution in [0, 0.1) is 0 Å². The summed E-state index contributed by atoms with van der Waals surface area (Å²) in [6, 6.07) is 0. The Morgan fingerprint density at radius 3 is 1.50 bits per heavy atom. The summed E-state index contributed by atoms with van der Waals surface area (Å²) in [5.41, 5.74) is 0. The van der Waals surface area contributed by atoms with E-state index in [2.05, 4.69) is 12.2 Å². The van der Waals surface area contributed by atoms with E-state index in [0.29, 0.717) is 0 Å². The highest BCUT2D eigenvalue weighted by Crippen LogP contribution is 2.10. The van der Waals surface area contributed by atoms with Crippen LogP contribution in [-0.2, 0) is 0 Å². The fourth-order valence-electron chi connectivity index (χ4n) is 1.76. The van der Waals surface area contributed by atoms with Gasteiger partial charge >= 0.3 is 0 Å². The first-order chi connectivity index (χ1) is 6.91. The van der Waals surface area contributed by atoms with Gasteiger partial charge in [0.25, 0.3) is 0 Å². The summed E-state index contributed by atoms with van der Waals surface area (Å²) in [4.78, 5) is 0. The lowest BCUT2D eigenvalue weighted by atomic mass is 10.1. The van der Waals surface area contributed by atoms with E-state index in [1.165, 1.54) is 64.2 Å². The van der Waals surface area contributed by atoms with E-state index in [4.69, 9.17) is 0 Å². The lowest BCUT2D eigenvalue weighted by Gasteiger charge is -2.01. The zero-order chi connectivity index (χ0) is 10.5. The third-order valence-electron chi connectivity index (χ3n) is 2.74. The molecule has 0 aliphatic heterocycles. The summed E-state index contributed by atoms with van der Waals surface area (Å²) in [5.74, 6) is 0. The van der Waals surface area contributed by atoms with Crippen molar-refractivity contribution in [2.45, 2.75) is 71.1 Å². The summed E-state index contributed by atoms with van der Waals surface area (Å²) >= 11 is 0. The van der Waals surface area contributed by atoms with Crippen LogP contribution in [0.2, 0.25) is 0 Å². The molecular formula is C13H28N. The van der Waals surface area contributed by atoms with Crippen molar-refractivity contribution in [1.82, 2.24) is 5.32 Å². The number of nitrogens with zero attached hydrogens (tertiary/aromatic N) is 1. The molecule has 0 aromatic carbocycles. The predicted octanol–water partition coefficient (Wildman–Crippen LogP) is 4.14. The van der Waals surface area contributed by atoms with Crippen LogP contribution in [0.1, 0.15) is 71.1 Å². The van der Waals surface area contributed by atoms with Gasteiger partial charge in [-0.25, -0.2) is 5.32 Å². The molecule has 0 spiro atoms. The standard InChI is InChI=1S/C13H28N/c1-3-4-5-6-7-8-9-10-11-12-13-14-2/h3-13H2,1-2H3. The van der Waals surface area contributed by atoms with Crippen molar-refractivity contribution in [1.29, 1.82) is 0 Å². The Morgan fingerprint density at radius 1 is 0.643 bits per heavy atom. The first-order valence-corrected chi connectivity index (χ1v) is 6.47. The Labute approximate surface area is 90.7 Å². The normalized spacial score (nSPS) is 10.7. The highest BCUT2D eigenvalue weighted by molar-refractivity contribution is 4.48. The van der Waals surface area contributed by atoms with Gasteiger partial charge in [0.1, 0.15) is 0 Å². The molecule has 0 unspecified atom stereocenters. The molecule has 0 atom stereocenters. The number of hydrogen-bond acceptors (Lipinski definition) is 0. The molecule has 0 saturated heterocycles. The molecule has 0 aromatic heterocycles. The maximum Gasteiger partial charge on any atom is 0.0130 e. The van der Waals surface area contributed by atoms with Crippen molar-refractivity contribution >= 4 is 0 Å². The summed E-state index contributed by atoms with van der Waals surface area (Å²) in [6.07, 6.45) is 14.1. The molecular weight excluding hydrogens is 170 g/mol. The highest BCUT2D eigenvalue weighted by Gasteiger charge is 1.91. The smallest absolute Gasteiger partial charge is 0.0130 e. The van der Waals surface area contributed by atoms with Crippen molar-refractivity contribution in [2.75, 3.05) is 13.6 Å². The van der Waals surface area contributed by atoms with Gasteiger partial charge < -0.3 is 0 Å². The van der Waals surface area contributed by atoms with Gasteiger partial charge in [-0.3, -0.25) is 0 Å². The summed E-state index contributed by atoms with van der Waals surface area (Å²) in [7, 11) is 1.91. The second-order valence-electron chi connectivity index (χ2n) is 4.22. The fourth-order valence-corrected chi connectivity index (χ4v) is 1.76. The maximum absolute atomic E-state index is 4.10. The van der Waals surface area contributed by atoms with Crippen LogP contribution in [-0.4, -0.2) is 13.6 Å². The van der Waals surface area contributed by atoms with E-state index in [0.717, 1.165) is 6.54 Å². The van der Waals surface area contributed by atoms with Crippen molar-refractivity contribution in [3.05, 3.63) is 0 Å². The minimum absolute atomic E-state index is 1.07. The maximum atomic E-state index is 4.10. The third-order valence-corrected chi connectivity index (χ3v) is 2.74. The molecule has 0 aliphatic rings. The minimum atomic E-state index is 1.07. The Kier molecular flexibility index (Phi) is 12.9. The topological polar surface area (TPSA) is 14.1 Å². The zero-order valence-electron chi connectivity index (χ0n) is 10.2. The van der Waals surface area contributed by atoms with Crippen molar-refractivity contribution in [2.24, 2.45) is 0 Å². The Hall–Kier alpha value is -0.0400. The van der Waals surface area contributed by atoms with Gasteiger partial charge in [0, 0.05) is 13.6 Å². The molecule has 1 nitrogen and oxygen atoms in total. The predicted molar refractivity (Wildman–Crippen MR) is 64.8 cm³/mol. The molecule has 0 heterocycles.